The summed E-state index contributed by atoms with van der Waals surface area (Å²) in [6.07, 6.45) is 0.878. The molecule has 0 spiro atoms. The monoisotopic (exact) mass is 217 g/mol. The SMILES string of the molecule is Cn1nnnc1NC1(CCl)CCOC1. The van der Waals surface area contributed by atoms with Gasteiger partial charge in [0, 0.05) is 19.5 Å². The molecule has 0 bridgehead atoms. The largest absolute Gasteiger partial charge is 0.379 e. The molecule has 14 heavy (non-hydrogen) atoms. The maximum absolute atomic E-state index is 5.91. The van der Waals surface area contributed by atoms with Gasteiger partial charge < -0.3 is 10.1 Å². The Morgan fingerprint density at radius 2 is 2.57 bits per heavy atom. The van der Waals surface area contributed by atoms with Crippen LogP contribution in [0.2, 0.25) is 0 Å². The highest BCUT2D eigenvalue weighted by atomic mass is 35.5. The fourth-order valence-electron chi connectivity index (χ4n) is 1.42. The van der Waals surface area contributed by atoms with Crippen LogP contribution in [0.15, 0.2) is 0 Å². The van der Waals surface area contributed by atoms with Crippen LogP contribution in [0.1, 0.15) is 6.42 Å². The molecule has 1 atom stereocenters. The molecule has 2 rings (SSSR count). The number of aromatic nitrogens is 4. The fourth-order valence-corrected chi connectivity index (χ4v) is 1.69. The van der Waals surface area contributed by atoms with E-state index in [9.17, 15) is 0 Å². The number of nitrogens with zero attached hydrogens (tertiary/aromatic N) is 4. The topological polar surface area (TPSA) is 64.9 Å². The fraction of sp³-hybridized carbons (Fsp3) is 0.857. The second-order valence-electron chi connectivity index (χ2n) is 3.47. The van der Waals surface area contributed by atoms with Crippen molar-refractivity contribution in [1.29, 1.82) is 0 Å². The average molecular weight is 218 g/mol. The first-order chi connectivity index (χ1) is 6.76. The van der Waals surface area contributed by atoms with E-state index in [-0.39, 0.29) is 5.54 Å². The van der Waals surface area contributed by atoms with Crippen molar-refractivity contribution in [3.05, 3.63) is 0 Å². The van der Waals surface area contributed by atoms with Crippen molar-refractivity contribution in [2.45, 2.75) is 12.0 Å². The second kappa shape index (κ2) is 3.70. The van der Waals surface area contributed by atoms with Gasteiger partial charge in [0.1, 0.15) is 0 Å². The molecule has 1 aliphatic rings. The first-order valence-corrected chi connectivity index (χ1v) is 4.93. The molecule has 7 heteroatoms. The maximum Gasteiger partial charge on any atom is 0.243 e. The smallest absolute Gasteiger partial charge is 0.243 e. The lowest BCUT2D eigenvalue weighted by atomic mass is 10.0. The number of alkyl halides is 1. The van der Waals surface area contributed by atoms with E-state index in [1.165, 1.54) is 0 Å². The summed E-state index contributed by atoms with van der Waals surface area (Å²) in [6.45, 7) is 1.33. The average Bonchev–Trinajstić information content (AvgIpc) is 2.79. The number of ether oxygens (including phenoxy) is 1. The minimum atomic E-state index is -0.218. The molecule has 1 aromatic heterocycles. The van der Waals surface area contributed by atoms with E-state index in [0.717, 1.165) is 13.0 Å². The third kappa shape index (κ3) is 1.67. The predicted molar refractivity (Wildman–Crippen MR) is 51.3 cm³/mol. The zero-order valence-electron chi connectivity index (χ0n) is 7.90. The summed E-state index contributed by atoms with van der Waals surface area (Å²) in [5, 5.41) is 14.3. The molecule has 78 valence electrons. The lowest BCUT2D eigenvalue weighted by molar-refractivity contribution is 0.185. The van der Waals surface area contributed by atoms with Crippen LogP contribution in [0.25, 0.3) is 0 Å². The number of tetrazole rings is 1. The minimum Gasteiger partial charge on any atom is -0.379 e. The van der Waals surface area contributed by atoms with E-state index < -0.39 is 0 Å². The van der Waals surface area contributed by atoms with Crippen LogP contribution in [-0.2, 0) is 11.8 Å². The second-order valence-corrected chi connectivity index (χ2v) is 3.73. The van der Waals surface area contributed by atoms with E-state index in [4.69, 9.17) is 16.3 Å². The normalized spacial score (nSPS) is 26.7. The van der Waals surface area contributed by atoms with Gasteiger partial charge in [0.05, 0.1) is 12.1 Å². The summed E-state index contributed by atoms with van der Waals surface area (Å²) in [7, 11) is 1.78. The molecule has 1 aromatic rings. The Morgan fingerprint density at radius 1 is 1.71 bits per heavy atom. The molecule has 1 fully saturated rings. The summed E-state index contributed by atoms with van der Waals surface area (Å²) in [5.41, 5.74) is -0.218. The Hall–Kier alpha value is -0.880. The zero-order chi connectivity index (χ0) is 10.0. The summed E-state index contributed by atoms with van der Waals surface area (Å²) in [5.74, 6) is 1.11. The molecule has 0 amide bonds. The van der Waals surface area contributed by atoms with Crippen LogP contribution in [0, 0.1) is 0 Å². The number of hydrogen-bond acceptors (Lipinski definition) is 5. The van der Waals surface area contributed by atoms with Crippen molar-refractivity contribution in [1.82, 2.24) is 20.2 Å². The van der Waals surface area contributed by atoms with E-state index in [1.54, 1.807) is 11.7 Å². The molecule has 1 unspecified atom stereocenters. The highest BCUT2D eigenvalue weighted by Crippen LogP contribution is 2.24. The molecule has 0 aromatic carbocycles. The molecule has 6 nitrogen and oxygen atoms in total. The van der Waals surface area contributed by atoms with Gasteiger partial charge in [0.2, 0.25) is 5.95 Å². The molecule has 0 saturated carbocycles. The number of rotatable bonds is 3. The third-order valence-electron chi connectivity index (χ3n) is 2.36. The van der Waals surface area contributed by atoms with Crippen molar-refractivity contribution in [2.75, 3.05) is 24.4 Å². The van der Waals surface area contributed by atoms with Gasteiger partial charge in [0.25, 0.3) is 0 Å². The van der Waals surface area contributed by atoms with Gasteiger partial charge >= 0.3 is 0 Å². The number of nitrogens with one attached hydrogen (secondary N) is 1. The van der Waals surface area contributed by atoms with Gasteiger partial charge in [-0.3, -0.25) is 0 Å². The first kappa shape index (κ1) is 9.67. The Kier molecular flexibility index (Phi) is 2.56. The lowest BCUT2D eigenvalue weighted by Crippen LogP contribution is -2.41. The van der Waals surface area contributed by atoms with Gasteiger partial charge in [-0.15, -0.1) is 11.6 Å². The highest BCUT2D eigenvalue weighted by molar-refractivity contribution is 6.18. The summed E-state index contributed by atoms with van der Waals surface area (Å²) in [6, 6.07) is 0. The van der Waals surface area contributed by atoms with Crippen molar-refractivity contribution in [3.8, 4) is 0 Å². The third-order valence-corrected chi connectivity index (χ3v) is 2.87. The summed E-state index contributed by atoms with van der Waals surface area (Å²) in [4.78, 5) is 0. The van der Waals surface area contributed by atoms with E-state index in [0.29, 0.717) is 18.4 Å². The van der Waals surface area contributed by atoms with Crippen molar-refractivity contribution >= 4 is 17.5 Å². The van der Waals surface area contributed by atoms with Gasteiger partial charge in [-0.25, -0.2) is 4.68 Å². The van der Waals surface area contributed by atoms with Crippen LogP contribution < -0.4 is 5.32 Å². The van der Waals surface area contributed by atoms with Gasteiger partial charge in [-0.2, -0.15) is 0 Å². The predicted octanol–water partition coefficient (Wildman–Crippen LogP) is 0.0199. The molecule has 2 heterocycles. The Balaban J connectivity index is 2.12. The number of halogens is 1. The minimum absolute atomic E-state index is 0.218. The molecule has 0 radical (unpaired) electrons. The molecule has 1 aliphatic heterocycles. The number of anilines is 1. The van der Waals surface area contributed by atoms with Gasteiger partial charge in [0.15, 0.2) is 0 Å². The van der Waals surface area contributed by atoms with Crippen molar-refractivity contribution < 1.29 is 4.74 Å². The van der Waals surface area contributed by atoms with Crippen LogP contribution in [0.5, 0.6) is 0 Å². The van der Waals surface area contributed by atoms with Crippen molar-refractivity contribution in [2.24, 2.45) is 7.05 Å². The van der Waals surface area contributed by atoms with E-state index >= 15 is 0 Å². The van der Waals surface area contributed by atoms with Crippen LogP contribution in [-0.4, -0.2) is 44.8 Å². The van der Waals surface area contributed by atoms with Crippen LogP contribution >= 0.6 is 11.6 Å². The molecule has 1 saturated heterocycles. The summed E-state index contributed by atoms with van der Waals surface area (Å²) >= 11 is 5.91. The van der Waals surface area contributed by atoms with Crippen LogP contribution in [0.3, 0.4) is 0 Å². The standard InChI is InChI=1S/C7H12ClN5O/c1-13-6(10-11-12-13)9-7(4-8)2-3-14-5-7/h2-5H2,1H3,(H,9,10,12). The van der Waals surface area contributed by atoms with Crippen molar-refractivity contribution in [3.63, 3.8) is 0 Å². The molecule has 0 aliphatic carbocycles. The Morgan fingerprint density at radius 3 is 3.07 bits per heavy atom. The Labute approximate surface area is 86.6 Å². The number of aryl methyl sites for hydroxylation is 1. The molecule has 1 N–H and O–H groups in total. The Bertz CT molecular complexity index is 309. The van der Waals surface area contributed by atoms with Gasteiger partial charge in [-0.05, 0) is 16.8 Å². The quantitative estimate of drug-likeness (QED) is 0.724. The lowest BCUT2D eigenvalue weighted by Gasteiger charge is -2.25. The molecular weight excluding hydrogens is 206 g/mol. The summed E-state index contributed by atoms with van der Waals surface area (Å²) < 4.78 is 6.89. The van der Waals surface area contributed by atoms with Crippen LogP contribution in [0.4, 0.5) is 5.95 Å². The molecular formula is C7H12ClN5O. The van der Waals surface area contributed by atoms with Gasteiger partial charge in [-0.1, -0.05) is 5.10 Å². The first-order valence-electron chi connectivity index (χ1n) is 4.40. The van der Waals surface area contributed by atoms with E-state index in [2.05, 4.69) is 20.8 Å². The number of hydrogen-bond donors (Lipinski definition) is 1. The zero-order valence-corrected chi connectivity index (χ0v) is 8.66. The maximum atomic E-state index is 5.91. The van der Waals surface area contributed by atoms with E-state index in [1.807, 2.05) is 0 Å². The highest BCUT2D eigenvalue weighted by Gasteiger charge is 2.35.